The minimum absolute atomic E-state index is 0.0470. The minimum Gasteiger partial charge on any atom is -0.353 e. The van der Waals surface area contributed by atoms with Crippen LogP contribution in [0.3, 0.4) is 0 Å². The molecule has 7 heteroatoms. The molecule has 0 bridgehead atoms. The van der Waals surface area contributed by atoms with Gasteiger partial charge in [0.2, 0.25) is 11.8 Å². The van der Waals surface area contributed by atoms with Crippen LogP contribution in [0.25, 0.3) is 0 Å². The molecule has 2 N–H and O–H groups in total. The maximum atomic E-state index is 14.0. The number of amides is 2. The third kappa shape index (κ3) is 4.72. The predicted octanol–water partition coefficient (Wildman–Crippen LogP) is 2.28. The van der Waals surface area contributed by atoms with Crippen molar-refractivity contribution in [1.29, 1.82) is 0 Å². The van der Waals surface area contributed by atoms with E-state index in [9.17, 15) is 18.4 Å². The molecule has 1 fully saturated rings. The Hall–Kier alpha value is -2.80. The third-order valence-electron chi connectivity index (χ3n) is 4.96. The Morgan fingerprint density at radius 1 is 1.18 bits per heavy atom. The van der Waals surface area contributed by atoms with Gasteiger partial charge in [0.05, 0.1) is 12.5 Å². The van der Waals surface area contributed by atoms with Gasteiger partial charge < -0.3 is 10.6 Å². The second kappa shape index (κ2) is 8.93. The van der Waals surface area contributed by atoms with Crippen molar-refractivity contribution < 1.29 is 18.4 Å². The Labute approximate surface area is 162 Å². The van der Waals surface area contributed by atoms with Gasteiger partial charge in [-0.05, 0) is 24.1 Å². The SMILES string of the molecule is Cc1ccccc1CNC(=O)C[C@@H]1C(=O)NCCN1Cc1cccc(F)c1F. The van der Waals surface area contributed by atoms with Crippen molar-refractivity contribution in [2.45, 2.75) is 32.5 Å². The molecule has 0 unspecified atom stereocenters. The van der Waals surface area contributed by atoms with E-state index in [1.54, 1.807) is 4.90 Å². The number of rotatable bonds is 6. The van der Waals surface area contributed by atoms with Gasteiger partial charge in [0.25, 0.3) is 0 Å². The summed E-state index contributed by atoms with van der Waals surface area (Å²) >= 11 is 0. The molecule has 0 radical (unpaired) electrons. The van der Waals surface area contributed by atoms with Crippen molar-refractivity contribution in [1.82, 2.24) is 15.5 Å². The maximum Gasteiger partial charge on any atom is 0.237 e. The molecule has 1 saturated heterocycles. The number of nitrogens with zero attached hydrogens (tertiary/aromatic N) is 1. The summed E-state index contributed by atoms with van der Waals surface area (Å²) in [7, 11) is 0. The first-order valence-corrected chi connectivity index (χ1v) is 9.21. The molecule has 1 heterocycles. The van der Waals surface area contributed by atoms with Gasteiger partial charge in [-0.25, -0.2) is 8.78 Å². The summed E-state index contributed by atoms with van der Waals surface area (Å²) in [5.74, 6) is -2.40. The van der Waals surface area contributed by atoms with Gasteiger partial charge in [0.15, 0.2) is 11.6 Å². The van der Waals surface area contributed by atoms with Crippen LogP contribution in [-0.4, -0.2) is 35.8 Å². The van der Waals surface area contributed by atoms with E-state index >= 15 is 0 Å². The zero-order chi connectivity index (χ0) is 20.1. The number of nitrogens with one attached hydrogen (secondary N) is 2. The molecular formula is C21H23F2N3O2. The lowest BCUT2D eigenvalue weighted by Crippen LogP contribution is -2.56. The van der Waals surface area contributed by atoms with Gasteiger partial charge in [-0.2, -0.15) is 0 Å². The Morgan fingerprint density at radius 2 is 1.93 bits per heavy atom. The van der Waals surface area contributed by atoms with Crippen LogP contribution in [0.5, 0.6) is 0 Å². The zero-order valence-electron chi connectivity index (χ0n) is 15.7. The Kier molecular flexibility index (Phi) is 6.36. The van der Waals surface area contributed by atoms with Crippen LogP contribution < -0.4 is 10.6 Å². The van der Waals surface area contributed by atoms with Crippen molar-refractivity contribution in [3.05, 3.63) is 70.8 Å². The van der Waals surface area contributed by atoms with Crippen LogP contribution in [0, 0.1) is 18.6 Å². The number of hydrogen-bond acceptors (Lipinski definition) is 3. The molecule has 1 aliphatic heterocycles. The van der Waals surface area contributed by atoms with E-state index in [0.29, 0.717) is 19.6 Å². The molecule has 2 aromatic rings. The van der Waals surface area contributed by atoms with Crippen molar-refractivity contribution in [2.75, 3.05) is 13.1 Å². The van der Waals surface area contributed by atoms with Crippen molar-refractivity contribution >= 4 is 11.8 Å². The van der Waals surface area contributed by atoms with E-state index in [4.69, 9.17) is 0 Å². The first-order valence-electron chi connectivity index (χ1n) is 9.21. The molecule has 2 aromatic carbocycles. The second-order valence-corrected chi connectivity index (χ2v) is 6.90. The standard InChI is InChI=1S/C21H23F2N3O2/c1-14-5-2-3-6-15(14)12-25-19(27)11-18-21(28)24-9-10-26(18)13-16-7-4-8-17(22)20(16)23/h2-8,18H,9-13H2,1H3,(H,24,28)(H,25,27)/t18-/m1/s1. The molecule has 5 nitrogen and oxygen atoms in total. The van der Waals surface area contributed by atoms with Crippen LogP contribution >= 0.6 is 0 Å². The maximum absolute atomic E-state index is 14.0. The van der Waals surface area contributed by atoms with Gasteiger partial charge in [0, 0.05) is 31.7 Å². The van der Waals surface area contributed by atoms with E-state index < -0.39 is 17.7 Å². The Bertz CT molecular complexity index is 872. The molecule has 0 aliphatic carbocycles. The quantitative estimate of drug-likeness (QED) is 0.800. The fourth-order valence-electron chi connectivity index (χ4n) is 3.31. The summed E-state index contributed by atoms with van der Waals surface area (Å²) in [5, 5.41) is 5.57. The number of benzene rings is 2. The summed E-state index contributed by atoms with van der Waals surface area (Å²) in [5.41, 5.74) is 2.24. The largest absolute Gasteiger partial charge is 0.353 e. The highest BCUT2D eigenvalue weighted by atomic mass is 19.2. The average Bonchev–Trinajstić information content (AvgIpc) is 2.67. The molecule has 148 valence electrons. The van der Waals surface area contributed by atoms with Crippen LogP contribution in [0.4, 0.5) is 8.78 Å². The zero-order valence-corrected chi connectivity index (χ0v) is 15.7. The monoisotopic (exact) mass is 387 g/mol. The molecule has 0 spiro atoms. The normalized spacial score (nSPS) is 17.2. The first kappa shape index (κ1) is 19.9. The summed E-state index contributed by atoms with van der Waals surface area (Å²) in [6.07, 6.45) is -0.0470. The van der Waals surface area contributed by atoms with Crippen LogP contribution in [0.2, 0.25) is 0 Å². The highest BCUT2D eigenvalue weighted by molar-refractivity contribution is 5.88. The smallest absolute Gasteiger partial charge is 0.237 e. The number of halogens is 2. The number of piperazine rings is 1. The third-order valence-corrected chi connectivity index (χ3v) is 4.96. The molecule has 2 amide bonds. The van der Waals surface area contributed by atoms with Crippen molar-refractivity contribution in [3.63, 3.8) is 0 Å². The van der Waals surface area contributed by atoms with Crippen LogP contribution in [0.15, 0.2) is 42.5 Å². The fourth-order valence-corrected chi connectivity index (χ4v) is 3.31. The van der Waals surface area contributed by atoms with Gasteiger partial charge in [-0.1, -0.05) is 36.4 Å². The van der Waals surface area contributed by atoms with Gasteiger partial charge in [0.1, 0.15) is 0 Å². The number of carbonyl (C=O) groups is 2. The highest BCUT2D eigenvalue weighted by Crippen LogP contribution is 2.18. The number of hydrogen-bond donors (Lipinski definition) is 2. The summed E-state index contributed by atoms with van der Waals surface area (Å²) in [4.78, 5) is 26.4. The molecule has 1 atom stereocenters. The second-order valence-electron chi connectivity index (χ2n) is 6.90. The lowest BCUT2D eigenvalue weighted by molar-refractivity contribution is -0.134. The molecule has 28 heavy (non-hydrogen) atoms. The number of aryl methyl sites for hydroxylation is 1. The van der Waals surface area contributed by atoms with E-state index in [1.807, 2.05) is 31.2 Å². The summed E-state index contributed by atoms with van der Waals surface area (Å²) in [6.45, 7) is 3.25. The lowest BCUT2D eigenvalue weighted by atomic mass is 10.1. The topological polar surface area (TPSA) is 61.4 Å². The highest BCUT2D eigenvalue weighted by Gasteiger charge is 2.32. The van der Waals surface area contributed by atoms with E-state index in [-0.39, 0.29) is 30.3 Å². The van der Waals surface area contributed by atoms with E-state index in [1.165, 1.54) is 12.1 Å². The first-order chi connectivity index (χ1) is 13.5. The van der Waals surface area contributed by atoms with E-state index in [2.05, 4.69) is 10.6 Å². The van der Waals surface area contributed by atoms with Crippen LogP contribution in [-0.2, 0) is 22.7 Å². The average molecular weight is 387 g/mol. The molecule has 0 saturated carbocycles. The van der Waals surface area contributed by atoms with Gasteiger partial charge in [-0.15, -0.1) is 0 Å². The fraction of sp³-hybridized carbons (Fsp3) is 0.333. The summed E-state index contributed by atoms with van der Waals surface area (Å²) in [6, 6.07) is 11.0. The minimum atomic E-state index is -0.925. The molecule has 1 aliphatic rings. The van der Waals surface area contributed by atoms with E-state index in [0.717, 1.165) is 17.2 Å². The Morgan fingerprint density at radius 3 is 2.71 bits per heavy atom. The van der Waals surface area contributed by atoms with Crippen LogP contribution in [0.1, 0.15) is 23.1 Å². The van der Waals surface area contributed by atoms with Gasteiger partial charge in [-0.3, -0.25) is 14.5 Å². The van der Waals surface area contributed by atoms with Crippen molar-refractivity contribution in [2.24, 2.45) is 0 Å². The molecule has 3 rings (SSSR count). The Balaban J connectivity index is 1.65. The van der Waals surface area contributed by atoms with Gasteiger partial charge >= 0.3 is 0 Å². The predicted molar refractivity (Wildman–Crippen MR) is 101 cm³/mol. The number of carbonyl (C=O) groups excluding carboxylic acids is 2. The summed E-state index contributed by atoms with van der Waals surface area (Å²) < 4.78 is 27.5. The lowest BCUT2D eigenvalue weighted by Gasteiger charge is -2.34. The molecular weight excluding hydrogens is 364 g/mol. The van der Waals surface area contributed by atoms with Crippen molar-refractivity contribution in [3.8, 4) is 0 Å². The molecule has 0 aromatic heterocycles.